The van der Waals surface area contributed by atoms with E-state index in [1.807, 2.05) is 20.8 Å². The molecule has 0 unspecified atom stereocenters. The summed E-state index contributed by atoms with van der Waals surface area (Å²) in [4.78, 5) is 11.3. The Hall–Kier alpha value is -1.32. The second-order valence-electron chi connectivity index (χ2n) is 3.67. The van der Waals surface area contributed by atoms with Crippen molar-refractivity contribution in [1.82, 2.24) is 15.5 Å². The zero-order valence-corrected chi connectivity index (χ0v) is 7.51. The highest BCUT2D eigenvalue weighted by Gasteiger charge is 2.15. The van der Waals surface area contributed by atoms with Gasteiger partial charge in [-0.3, -0.25) is 9.89 Å². The van der Waals surface area contributed by atoms with E-state index in [0.717, 1.165) is 0 Å². The second kappa shape index (κ2) is 2.97. The van der Waals surface area contributed by atoms with E-state index in [0.29, 0.717) is 5.69 Å². The maximum Gasteiger partial charge on any atom is 0.269 e. The number of nitrogens with one attached hydrogen (secondary N) is 2. The summed E-state index contributed by atoms with van der Waals surface area (Å²) in [6.45, 7) is 5.80. The van der Waals surface area contributed by atoms with Crippen molar-refractivity contribution in [3.8, 4) is 0 Å². The third kappa shape index (κ3) is 2.38. The molecule has 66 valence electrons. The average molecular weight is 167 g/mol. The van der Waals surface area contributed by atoms with Gasteiger partial charge in [-0.2, -0.15) is 5.10 Å². The Kier molecular flexibility index (Phi) is 2.17. The zero-order valence-electron chi connectivity index (χ0n) is 7.51. The molecule has 0 saturated carbocycles. The number of H-pyrrole nitrogens is 1. The first-order valence-corrected chi connectivity index (χ1v) is 3.81. The van der Waals surface area contributed by atoms with Crippen LogP contribution in [-0.4, -0.2) is 21.6 Å². The molecule has 1 heterocycles. The number of aromatic amines is 1. The van der Waals surface area contributed by atoms with Crippen LogP contribution in [0.1, 0.15) is 31.3 Å². The summed E-state index contributed by atoms with van der Waals surface area (Å²) in [7, 11) is 0. The molecule has 4 heteroatoms. The van der Waals surface area contributed by atoms with E-state index < -0.39 is 0 Å². The van der Waals surface area contributed by atoms with E-state index in [1.54, 1.807) is 12.3 Å². The number of carbonyl (C=O) groups is 1. The molecule has 1 rings (SSSR count). The lowest BCUT2D eigenvalue weighted by Crippen LogP contribution is -2.40. The minimum absolute atomic E-state index is 0.125. The topological polar surface area (TPSA) is 57.8 Å². The minimum atomic E-state index is -0.206. The van der Waals surface area contributed by atoms with Crippen LogP contribution in [0.2, 0.25) is 0 Å². The van der Waals surface area contributed by atoms with Gasteiger partial charge in [0.1, 0.15) is 5.69 Å². The van der Waals surface area contributed by atoms with Gasteiger partial charge in [-0.15, -0.1) is 0 Å². The molecule has 0 fully saturated rings. The Balaban J connectivity index is 2.63. The third-order valence-electron chi connectivity index (χ3n) is 1.23. The van der Waals surface area contributed by atoms with E-state index in [9.17, 15) is 4.79 Å². The Morgan fingerprint density at radius 3 is 2.67 bits per heavy atom. The molecule has 0 aliphatic carbocycles. The van der Waals surface area contributed by atoms with Crippen LogP contribution in [0.15, 0.2) is 12.3 Å². The van der Waals surface area contributed by atoms with Crippen molar-refractivity contribution in [3.05, 3.63) is 18.0 Å². The summed E-state index contributed by atoms with van der Waals surface area (Å²) in [6, 6.07) is 1.64. The number of carbonyl (C=O) groups excluding carboxylic acids is 1. The predicted molar refractivity (Wildman–Crippen MR) is 45.8 cm³/mol. The largest absolute Gasteiger partial charge is 0.346 e. The van der Waals surface area contributed by atoms with Gasteiger partial charge in [0, 0.05) is 11.7 Å². The fourth-order valence-corrected chi connectivity index (χ4v) is 0.790. The van der Waals surface area contributed by atoms with Gasteiger partial charge in [-0.05, 0) is 26.8 Å². The number of nitrogens with zero attached hydrogens (tertiary/aromatic N) is 1. The van der Waals surface area contributed by atoms with E-state index in [2.05, 4.69) is 15.5 Å². The van der Waals surface area contributed by atoms with Crippen molar-refractivity contribution in [1.29, 1.82) is 0 Å². The van der Waals surface area contributed by atoms with Crippen molar-refractivity contribution in [3.63, 3.8) is 0 Å². The number of hydrogen-bond donors (Lipinski definition) is 2. The molecule has 0 bridgehead atoms. The molecule has 1 aromatic heterocycles. The molecule has 2 N–H and O–H groups in total. The van der Waals surface area contributed by atoms with Gasteiger partial charge < -0.3 is 5.32 Å². The van der Waals surface area contributed by atoms with E-state index >= 15 is 0 Å². The summed E-state index contributed by atoms with van der Waals surface area (Å²) < 4.78 is 0. The number of rotatable bonds is 1. The van der Waals surface area contributed by atoms with Gasteiger partial charge in [0.05, 0.1) is 0 Å². The van der Waals surface area contributed by atoms with Crippen LogP contribution in [0.3, 0.4) is 0 Å². The smallest absolute Gasteiger partial charge is 0.269 e. The maximum absolute atomic E-state index is 11.3. The van der Waals surface area contributed by atoms with Crippen molar-refractivity contribution in [2.24, 2.45) is 0 Å². The molecule has 0 atom stereocenters. The predicted octanol–water partition coefficient (Wildman–Crippen LogP) is 0.938. The fraction of sp³-hybridized carbons (Fsp3) is 0.500. The minimum Gasteiger partial charge on any atom is -0.346 e. The standard InChI is InChI=1S/C8H13N3O/c1-8(2,3)10-7(12)6-4-5-9-11-6/h4-5H,1-3H3,(H,9,11)(H,10,12). The lowest BCUT2D eigenvalue weighted by atomic mass is 10.1. The molecule has 0 saturated heterocycles. The molecule has 0 radical (unpaired) electrons. The van der Waals surface area contributed by atoms with Crippen LogP contribution in [0.4, 0.5) is 0 Å². The van der Waals surface area contributed by atoms with Crippen LogP contribution in [0, 0.1) is 0 Å². The highest BCUT2D eigenvalue weighted by atomic mass is 16.2. The first-order valence-electron chi connectivity index (χ1n) is 3.81. The van der Waals surface area contributed by atoms with Gasteiger partial charge >= 0.3 is 0 Å². The summed E-state index contributed by atoms with van der Waals surface area (Å²) in [5.74, 6) is -0.125. The number of hydrogen-bond acceptors (Lipinski definition) is 2. The first-order chi connectivity index (χ1) is 5.49. The van der Waals surface area contributed by atoms with Crippen LogP contribution in [-0.2, 0) is 0 Å². The molecule has 0 aromatic carbocycles. The number of aromatic nitrogens is 2. The monoisotopic (exact) mass is 167 g/mol. The molecule has 4 nitrogen and oxygen atoms in total. The zero-order chi connectivity index (χ0) is 9.19. The lowest BCUT2D eigenvalue weighted by Gasteiger charge is -2.19. The summed E-state index contributed by atoms with van der Waals surface area (Å²) in [5.41, 5.74) is 0.285. The molecule has 1 aromatic rings. The summed E-state index contributed by atoms with van der Waals surface area (Å²) >= 11 is 0. The van der Waals surface area contributed by atoms with E-state index in [1.165, 1.54) is 0 Å². The van der Waals surface area contributed by atoms with Crippen LogP contribution in [0.25, 0.3) is 0 Å². The second-order valence-corrected chi connectivity index (χ2v) is 3.67. The highest BCUT2D eigenvalue weighted by Crippen LogP contribution is 2.01. The lowest BCUT2D eigenvalue weighted by molar-refractivity contribution is 0.0914. The van der Waals surface area contributed by atoms with E-state index in [4.69, 9.17) is 0 Å². The van der Waals surface area contributed by atoms with Crippen molar-refractivity contribution >= 4 is 5.91 Å². The van der Waals surface area contributed by atoms with Crippen molar-refractivity contribution in [2.45, 2.75) is 26.3 Å². The maximum atomic E-state index is 11.3. The van der Waals surface area contributed by atoms with Gasteiger partial charge in [0.25, 0.3) is 5.91 Å². The van der Waals surface area contributed by atoms with Crippen molar-refractivity contribution in [2.75, 3.05) is 0 Å². The van der Waals surface area contributed by atoms with Crippen LogP contribution >= 0.6 is 0 Å². The van der Waals surface area contributed by atoms with Gasteiger partial charge in [-0.25, -0.2) is 0 Å². The molecule has 12 heavy (non-hydrogen) atoms. The van der Waals surface area contributed by atoms with Crippen LogP contribution in [0.5, 0.6) is 0 Å². The van der Waals surface area contributed by atoms with Gasteiger partial charge in [0.2, 0.25) is 0 Å². The summed E-state index contributed by atoms with van der Waals surface area (Å²) in [6.07, 6.45) is 1.55. The Bertz CT molecular complexity index is 258. The third-order valence-corrected chi connectivity index (χ3v) is 1.23. The Morgan fingerprint density at radius 1 is 1.58 bits per heavy atom. The van der Waals surface area contributed by atoms with Crippen molar-refractivity contribution < 1.29 is 4.79 Å². The SMILES string of the molecule is CC(C)(C)NC(=O)c1ccn[nH]1. The first kappa shape index (κ1) is 8.77. The Labute approximate surface area is 71.4 Å². The molecular formula is C8H13N3O. The summed E-state index contributed by atoms with van der Waals surface area (Å²) in [5, 5.41) is 9.10. The number of amides is 1. The normalized spacial score (nSPS) is 11.2. The van der Waals surface area contributed by atoms with Crippen LogP contribution < -0.4 is 5.32 Å². The fourth-order valence-electron chi connectivity index (χ4n) is 0.790. The molecular weight excluding hydrogens is 154 g/mol. The Morgan fingerprint density at radius 2 is 2.25 bits per heavy atom. The molecule has 1 amide bonds. The van der Waals surface area contributed by atoms with Gasteiger partial charge in [-0.1, -0.05) is 0 Å². The molecule has 0 spiro atoms. The molecule has 0 aliphatic heterocycles. The average Bonchev–Trinajstić information content (AvgIpc) is 2.32. The molecule has 0 aliphatic rings. The van der Waals surface area contributed by atoms with Gasteiger partial charge in [0.15, 0.2) is 0 Å². The van der Waals surface area contributed by atoms with E-state index in [-0.39, 0.29) is 11.4 Å². The quantitative estimate of drug-likeness (QED) is 0.654. The highest BCUT2D eigenvalue weighted by molar-refractivity contribution is 5.92.